The van der Waals surface area contributed by atoms with E-state index in [1.165, 1.54) is 6.42 Å². The summed E-state index contributed by atoms with van der Waals surface area (Å²) in [5, 5.41) is 3.94. The van der Waals surface area contributed by atoms with Crippen molar-refractivity contribution in [3.05, 3.63) is 0 Å². The Balaban J connectivity index is 2.31. The second kappa shape index (κ2) is 8.28. The Morgan fingerprint density at radius 1 is 1.35 bits per heavy atom. The van der Waals surface area contributed by atoms with Crippen LogP contribution in [0, 0.1) is 11.3 Å². The minimum atomic E-state index is 0.225. The minimum Gasteiger partial charge on any atom is -0.353 e. The Hall–Kier alpha value is -0.220. The largest absolute Gasteiger partial charge is 0.353 e. The molecule has 0 aromatic heterocycles. The Bertz CT molecular complexity index is 301. The SMILES string of the molecule is CSC1CCC(NC(=O)CCC(CCN)C(C)(C)C)C1. The number of carbonyl (C=O) groups excluding carboxylic acids is 1. The van der Waals surface area contributed by atoms with Gasteiger partial charge in [-0.15, -0.1) is 0 Å². The molecule has 0 spiro atoms. The topological polar surface area (TPSA) is 55.1 Å². The molecular formula is C16H32N2OS. The molecule has 1 amide bonds. The molecule has 0 saturated heterocycles. The molecule has 1 rings (SSSR count). The van der Waals surface area contributed by atoms with Gasteiger partial charge in [0.05, 0.1) is 0 Å². The highest BCUT2D eigenvalue weighted by Gasteiger charge is 2.27. The van der Waals surface area contributed by atoms with E-state index in [4.69, 9.17) is 5.73 Å². The van der Waals surface area contributed by atoms with Crippen LogP contribution >= 0.6 is 11.8 Å². The van der Waals surface area contributed by atoms with E-state index in [0.29, 0.717) is 24.9 Å². The number of rotatable bonds is 7. The molecule has 1 aliphatic rings. The van der Waals surface area contributed by atoms with E-state index >= 15 is 0 Å². The molecule has 0 aliphatic heterocycles. The van der Waals surface area contributed by atoms with E-state index in [1.807, 2.05) is 11.8 Å². The first kappa shape index (κ1) is 17.8. The number of nitrogens with two attached hydrogens (primary N) is 1. The predicted octanol–water partition coefficient (Wildman–Crippen LogP) is 3.18. The fourth-order valence-corrected chi connectivity index (χ4v) is 3.90. The summed E-state index contributed by atoms with van der Waals surface area (Å²) < 4.78 is 0. The molecule has 0 bridgehead atoms. The summed E-state index contributed by atoms with van der Waals surface area (Å²) in [6, 6.07) is 0.405. The van der Waals surface area contributed by atoms with Crippen LogP contribution < -0.4 is 11.1 Å². The Morgan fingerprint density at radius 3 is 2.55 bits per heavy atom. The van der Waals surface area contributed by atoms with Crippen LogP contribution in [0.4, 0.5) is 0 Å². The molecule has 3 atom stereocenters. The molecule has 4 heteroatoms. The van der Waals surface area contributed by atoms with Gasteiger partial charge in [0, 0.05) is 17.7 Å². The van der Waals surface area contributed by atoms with Gasteiger partial charge < -0.3 is 11.1 Å². The predicted molar refractivity (Wildman–Crippen MR) is 88.9 cm³/mol. The molecule has 1 fully saturated rings. The van der Waals surface area contributed by atoms with Gasteiger partial charge >= 0.3 is 0 Å². The number of amides is 1. The molecule has 118 valence electrons. The summed E-state index contributed by atoms with van der Waals surface area (Å²) in [5.74, 6) is 0.754. The van der Waals surface area contributed by atoms with Crippen LogP contribution in [0.5, 0.6) is 0 Å². The van der Waals surface area contributed by atoms with Gasteiger partial charge in [0.2, 0.25) is 5.91 Å². The monoisotopic (exact) mass is 300 g/mol. The maximum absolute atomic E-state index is 12.1. The minimum absolute atomic E-state index is 0.225. The second-order valence-corrected chi connectivity index (χ2v) is 8.25. The lowest BCUT2D eigenvalue weighted by molar-refractivity contribution is -0.122. The quantitative estimate of drug-likeness (QED) is 0.759. The van der Waals surface area contributed by atoms with Gasteiger partial charge in [-0.05, 0) is 56.2 Å². The van der Waals surface area contributed by atoms with Crippen molar-refractivity contribution >= 4 is 17.7 Å². The summed E-state index contributed by atoms with van der Waals surface area (Å²) in [6.07, 6.45) is 8.28. The summed E-state index contributed by atoms with van der Waals surface area (Å²) >= 11 is 1.93. The van der Waals surface area contributed by atoms with Gasteiger partial charge in [0.25, 0.3) is 0 Å². The highest BCUT2D eigenvalue weighted by Crippen LogP contribution is 2.32. The lowest BCUT2D eigenvalue weighted by Crippen LogP contribution is -2.34. The molecule has 1 saturated carbocycles. The van der Waals surface area contributed by atoms with Crippen LogP contribution in [0.2, 0.25) is 0 Å². The van der Waals surface area contributed by atoms with E-state index in [-0.39, 0.29) is 11.3 Å². The molecule has 0 aromatic rings. The third-order valence-electron chi connectivity index (χ3n) is 4.54. The molecule has 0 radical (unpaired) electrons. The number of thioether (sulfide) groups is 1. The smallest absolute Gasteiger partial charge is 0.220 e. The van der Waals surface area contributed by atoms with Crippen molar-refractivity contribution in [3.8, 4) is 0 Å². The fraction of sp³-hybridized carbons (Fsp3) is 0.938. The normalized spacial score (nSPS) is 24.6. The first-order valence-electron chi connectivity index (χ1n) is 7.89. The van der Waals surface area contributed by atoms with Crippen LogP contribution in [0.3, 0.4) is 0 Å². The third-order valence-corrected chi connectivity index (χ3v) is 5.64. The second-order valence-electron chi connectivity index (χ2n) is 7.11. The highest BCUT2D eigenvalue weighted by molar-refractivity contribution is 7.99. The number of hydrogen-bond acceptors (Lipinski definition) is 3. The summed E-state index contributed by atoms with van der Waals surface area (Å²) in [4.78, 5) is 12.1. The van der Waals surface area contributed by atoms with E-state index in [2.05, 4.69) is 32.3 Å². The molecule has 3 N–H and O–H groups in total. The molecule has 20 heavy (non-hydrogen) atoms. The van der Waals surface area contributed by atoms with E-state index in [0.717, 1.165) is 30.9 Å². The Kier molecular flexibility index (Phi) is 7.38. The van der Waals surface area contributed by atoms with Crippen LogP contribution in [0.1, 0.15) is 59.3 Å². The summed E-state index contributed by atoms with van der Waals surface area (Å²) in [5.41, 5.74) is 5.93. The number of carbonyl (C=O) groups is 1. The molecule has 0 heterocycles. The third kappa shape index (κ3) is 6.04. The van der Waals surface area contributed by atoms with Crippen LogP contribution in [-0.2, 0) is 4.79 Å². The van der Waals surface area contributed by atoms with Gasteiger partial charge in [0.1, 0.15) is 0 Å². The van der Waals surface area contributed by atoms with Crippen LogP contribution in [-0.4, -0.2) is 30.0 Å². The molecular weight excluding hydrogens is 268 g/mol. The zero-order valence-electron chi connectivity index (χ0n) is 13.6. The van der Waals surface area contributed by atoms with Crippen molar-refractivity contribution in [1.29, 1.82) is 0 Å². The zero-order chi connectivity index (χ0) is 15.2. The lowest BCUT2D eigenvalue weighted by atomic mass is 9.76. The van der Waals surface area contributed by atoms with Crippen LogP contribution in [0.25, 0.3) is 0 Å². The number of hydrogen-bond donors (Lipinski definition) is 2. The van der Waals surface area contributed by atoms with Crippen molar-refractivity contribution in [2.45, 2.75) is 70.6 Å². The first-order chi connectivity index (χ1) is 9.36. The number of nitrogens with one attached hydrogen (secondary N) is 1. The van der Waals surface area contributed by atoms with E-state index < -0.39 is 0 Å². The maximum Gasteiger partial charge on any atom is 0.220 e. The summed E-state index contributed by atoms with van der Waals surface area (Å²) in [7, 11) is 0. The van der Waals surface area contributed by atoms with E-state index in [1.54, 1.807) is 0 Å². The average molecular weight is 301 g/mol. The van der Waals surface area contributed by atoms with Crippen molar-refractivity contribution in [2.75, 3.05) is 12.8 Å². The van der Waals surface area contributed by atoms with Gasteiger partial charge in [0.15, 0.2) is 0 Å². The highest BCUT2D eigenvalue weighted by atomic mass is 32.2. The standard InChI is InChI=1S/C16H32N2OS/c1-16(2,3)12(9-10-17)5-8-15(19)18-13-6-7-14(11-13)20-4/h12-14H,5-11,17H2,1-4H3,(H,18,19). The van der Waals surface area contributed by atoms with Crippen molar-refractivity contribution in [2.24, 2.45) is 17.1 Å². The molecule has 0 aromatic carbocycles. The lowest BCUT2D eigenvalue weighted by Gasteiger charge is -2.30. The average Bonchev–Trinajstić information content (AvgIpc) is 2.80. The Labute approximate surface area is 128 Å². The van der Waals surface area contributed by atoms with Gasteiger partial charge in [-0.1, -0.05) is 20.8 Å². The fourth-order valence-electron chi connectivity index (χ4n) is 3.10. The molecule has 1 aliphatic carbocycles. The first-order valence-corrected chi connectivity index (χ1v) is 9.17. The van der Waals surface area contributed by atoms with Gasteiger partial charge in [-0.25, -0.2) is 0 Å². The van der Waals surface area contributed by atoms with Gasteiger partial charge in [-0.2, -0.15) is 11.8 Å². The molecule has 3 nitrogen and oxygen atoms in total. The van der Waals surface area contributed by atoms with Crippen molar-refractivity contribution < 1.29 is 4.79 Å². The zero-order valence-corrected chi connectivity index (χ0v) is 14.4. The molecule has 3 unspecified atom stereocenters. The Morgan fingerprint density at radius 2 is 2.05 bits per heavy atom. The van der Waals surface area contributed by atoms with E-state index in [9.17, 15) is 4.79 Å². The van der Waals surface area contributed by atoms with Crippen molar-refractivity contribution in [1.82, 2.24) is 5.32 Å². The summed E-state index contributed by atoms with van der Waals surface area (Å²) in [6.45, 7) is 7.43. The van der Waals surface area contributed by atoms with Gasteiger partial charge in [-0.3, -0.25) is 4.79 Å². The van der Waals surface area contributed by atoms with Crippen molar-refractivity contribution in [3.63, 3.8) is 0 Å². The van der Waals surface area contributed by atoms with Crippen LogP contribution in [0.15, 0.2) is 0 Å². The maximum atomic E-state index is 12.1.